The van der Waals surface area contributed by atoms with Gasteiger partial charge in [0.1, 0.15) is 4.90 Å². The minimum atomic E-state index is -3.80. The predicted molar refractivity (Wildman–Crippen MR) is 70.6 cm³/mol. The molecule has 8 heteroatoms. The smallest absolute Gasteiger partial charge is 0.261 e. The first-order chi connectivity index (χ1) is 7.75. The van der Waals surface area contributed by atoms with Crippen molar-refractivity contribution in [3.05, 3.63) is 14.7 Å². The van der Waals surface area contributed by atoms with Crippen LogP contribution < -0.4 is 10.5 Å². The number of halogens is 1. The van der Waals surface area contributed by atoms with Crippen molar-refractivity contribution < 1.29 is 13.2 Å². The Morgan fingerprint density at radius 2 is 2.24 bits per heavy atom. The number of amides is 1. The topological polar surface area (TPSA) is 89.3 Å². The van der Waals surface area contributed by atoms with Gasteiger partial charge in [-0.3, -0.25) is 4.79 Å². The molecule has 1 aromatic heterocycles. The number of hydrogen-bond acceptors (Lipinski definition) is 4. The van der Waals surface area contributed by atoms with Crippen molar-refractivity contribution in [1.82, 2.24) is 5.32 Å². The molecule has 0 spiro atoms. The molecule has 1 rings (SSSR count). The Labute approximate surface area is 113 Å². The maximum absolute atomic E-state index is 11.7. The van der Waals surface area contributed by atoms with E-state index in [-0.39, 0.29) is 16.8 Å². The molecule has 17 heavy (non-hydrogen) atoms. The molecule has 1 aromatic rings. The van der Waals surface area contributed by atoms with E-state index in [0.717, 1.165) is 17.8 Å². The van der Waals surface area contributed by atoms with Gasteiger partial charge in [-0.05, 0) is 35.3 Å². The lowest BCUT2D eigenvalue weighted by molar-refractivity contribution is 0.0943. The Morgan fingerprint density at radius 1 is 1.65 bits per heavy atom. The molecule has 96 valence electrons. The van der Waals surface area contributed by atoms with E-state index in [1.165, 1.54) is 6.07 Å². The van der Waals surface area contributed by atoms with Crippen LogP contribution in [0, 0.1) is 0 Å². The number of thiophene rings is 1. The summed E-state index contributed by atoms with van der Waals surface area (Å²) in [5, 5.41) is 7.77. The summed E-state index contributed by atoms with van der Waals surface area (Å²) in [4.78, 5) is 12.0. The fourth-order valence-electron chi connectivity index (χ4n) is 1.05. The first-order valence-corrected chi connectivity index (χ1v) is 8.04. The third kappa shape index (κ3) is 3.77. The average Bonchev–Trinajstić information content (AvgIpc) is 2.59. The lowest BCUT2D eigenvalue weighted by Crippen LogP contribution is -2.31. The zero-order chi connectivity index (χ0) is 13.2. The molecule has 1 atom stereocenters. The van der Waals surface area contributed by atoms with Gasteiger partial charge in [0.25, 0.3) is 5.91 Å². The highest BCUT2D eigenvalue weighted by Gasteiger charge is 2.20. The molecule has 0 aromatic carbocycles. The number of rotatable bonds is 4. The number of carbonyl (C=O) groups is 1. The van der Waals surface area contributed by atoms with E-state index in [9.17, 15) is 13.2 Å². The molecule has 0 bridgehead atoms. The molecule has 1 heterocycles. The van der Waals surface area contributed by atoms with Gasteiger partial charge in [-0.15, -0.1) is 11.3 Å². The Bertz CT molecular complexity index is 524. The van der Waals surface area contributed by atoms with Crippen LogP contribution in [0.2, 0.25) is 0 Å². The monoisotopic (exact) mass is 340 g/mol. The number of nitrogens with one attached hydrogen (secondary N) is 1. The van der Waals surface area contributed by atoms with E-state index in [0.29, 0.717) is 8.66 Å². The van der Waals surface area contributed by atoms with Crippen LogP contribution in [0.3, 0.4) is 0 Å². The fraction of sp³-hybridized carbons (Fsp3) is 0.444. The standard InChI is InChI=1S/C9H13BrN2O3S2/c1-3-5(2)12-9(13)6-4-7(8(10)16-6)17(11,14)15/h4-5H,3H2,1-2H3,(H,12,13)(H2,11,14,15). The van der Waals surface area contributed by atoms with Crippen molar-refractivity contribution in [2.45, 2.75) is 31.2 Å². The highest BCUT2D eigenvalue weighted by Crippen LogP contribution is 2.30. The van der Waals surface area contributed by atoms with Gasteiger partial charge in [-0.2, -0.15) is 0 Å². The predicted octanol–water partition coefficient (Wildman–Crippen LogP) is 1.69. The number of primary sulfonamides is 1. The third-order valence-corrected chi connectivity index (χ3v) is 5.34. The van der Waals surface area contributed by atoms with Crippen LogP contribution in [0.1, 0.15) is 29.9 Å². The number of sulfonamides is 1. The Balaban J connectivity index is 2.99. The highest BCUT2D eigenvalue weighted by atomic mass is 79.9. The second-order valence-electron chi connectivity index (χ2n) is 3.58. The summed E-state index contributed by atoms with van der Waals surface area (Å²) in [5.41, 5.74) is 0. The Kier molecular flexibility index (Phi) is 4.70. The third-order valence-electron chi connectivity index (χ3n) is 2.18. The van der Waals surface area contributed by atoms with Crippen molar-refractivity contribution in [2.24, 2.45) is 5.14 Å². The first kappa shape index (κ1) is 14.6. The van der Waals surface area contributed by atoms with Gasteiger partial charge < -0.3 is 5.32 Å². The molecule has 0 radical (unpaired) electrons. The molecule has 0 aliphatic rings. The number of hydrogen-bond donors (Lipinski definition) is 2. The zero-order valence-electron chi connectivity index (χ0n) is 9.36. The van der Waals surface area contributed by atoms with Crippen molar-refractivity contribution in [3.63, 3.8) is 0 Å². The Morgan fingerprint density at radius 3 is 2.65 bits per heavy atom. The van der Waals surface area contributed by atoms with Crippen LogP contribution in [-0.2, 0) is 10.0 Å². The van der Waals surface area contributed by atoms with Crippen LogP contribution in [0.4, 0.5) is 0 Å². The normalized spacial score (nSPS) is 13.4. The molecule has 3 N–H and O–H groups in total. The second kappa shape index (κ2) is 5.47. The molecule has 0 saturated carbocycles. The van der Waals surface area contributed by atoms with Crippen molar-refractivity contribution in [3.8, 4) is 0 Å². The summed E-state index contributed by atoms with van der Waals surface area (Å²) in [6.45, 7) is 3.83. The molecule has 0 fully saturated rings. The number of carbonyl (C=O) groups excluding carboxylic acids is 1. The summed E-state index contributed by atoms with van der Waals surface area (Å²) in [5.74, 6) is -0.292. The van der Waals surface area contributed by atoms with Gasteiger partial charge in [-0.1, -0.05) is 6.92 Å². The van der Waals surface area contributed by atoms with E-state index < -0.39 is 10.0 Å². The van der Waals surface area contributed by atoms with Crippen molar-refractivity contribution in [2.75, 3.05) is 0 Å². The molecule has 1 amide bonds. The van der Waals surface area contributed by atoms with Crippen LogP contribution in [0.15, 0.2) is 14.7 Å². The van der Waals surface area contributed by atoms with Gasteiger partial charge in [-0.25, -0.2) is 13.6 Å². The fourth-order valence-corrected chi connectivity index (χ4v) is 4.10. The molecule has 5 nitrogen and oxygen atoms in total. The zero-order valence-corrected chi connectivity index (χ0v) is 12.6. The highest BCUT2D eigenvalue weighted by molar-refractivity contribution is 9.11. The van der Waals surface area contributed by atoms with Gasteiger partial charge in [0.05, 0.1) is 8.66 Å². The summed E-state index contributed by atoms with van der Waals surface area (Å²) in [6, 6.07) is 1.32. The molecule has 0 saturated heterocycles. The van der Waals surface area contributed by atoms with Crippen LogP contribution >= 0.6 is 27.3 Å². The van der Waals surface area contributed by atoms with Crippen LogP contribution in [-0.4, -0.2) is 20.4 Å². The molecule has 1 unspecified atom stereocenters. The Hall–Kier alpha value is -0.440. The SMILES string of the molecule is CCC(C)NC(=O)c1cc(S(N)(=O)=O)c(Br)s1. The maximum atomic E-state index is 11.7. The summed E-state index contributed by atoms with van der Waals surface area (Å²) < 4.78 is 22.7. The van der Waals surface area contributed by atoms with E-state index in [2.05, 4.69) is 21.2 Å². The van der Waals surface area contributed by atoms with Crippen LogP contribution in [0.25, 0.3) is 0 Å². The van der Waals surface area contributed by atoms with Gasteiger partial charge in [0.2, 0.25) is 10.0 Å². The lowest BCUT2D eigenvalue weighted by atomic mass is 10.2. The summed E-state index contributed by atoms with van der Waals surface area (Å²) in [6.07, 6.45) is 0.806. The lowest BCUT2D eigenvalue weighted by Gasteiger charge is -2.09. The second-order valence-corrected chi connectivity index (χ2v) is 7.48. The minimum Gasteiger partial charge on any atom is -0.349 e. The van der Waals surface area contributed by atoms with Crippen LogP contribution in [0.5, 0.6) is 0 Å². The molecule has 0 aliphatic carbocycles. The largest absolute Gasteiger partial charge is 0.349 e. The van der Waals surface area contributed by atoms with Crippen molar-refractivity contribution in [1.29, 1.82) is 0 Å². The van der Waals surface area contributed by atoms with Crippen molar-refractivity contribution >= 4 is 43.2 Å². The summed E-state index contributed by atoms with van der Waals surface area (Å²) >= 11 is 4.13. The quantitative estimate of drug-likeness (QED) is 0.873. The molecule has 0 aliphatic heterocycles. The minimum absolute atomic E-state index is 0.0429. The maximum Gasteiger partial charge on any atom is 0.261 e. The first-order valence-electron chi connectivity index (χ1n) is 4.88. The average molecular weight is 341 g/mol. The number of nitrogens with two attached hydrogens (primary N) is 1. The van der Waals surface area contributed by atoms with E-state index in [1.54, 1.807) is 0 Å². The van der Waals surface area contributed by atoms with Gasteiger partial charge in [0, 0.05) is 6.04 Å². The summed E-state index contributed by atoms with van der Waals surface area (Å²) in [7, 11) is -3.80. The van der Waals surface area contributed by atoms with Gasteiger partial charge >= 0.3 is 0 Å². The van der Waals surface area contributed by atoms with Gasteiger partial charge in [0.15, 0.2) is 0 Å². The van der Waals surface area contributed by atoms with E-state index in [4.69, 9.17) is 5.14 Å². The van der Waals surface area contributed by atoms with E-state index in [1.807, 2.05) is 13.8 Å². The molecular formula is C9H13BrN2O3S2. The van der Waals surface area contributed by atoms with E-state index >= 15 is 0 Å². The molecular weight excluding hydrogens is 328 g/mol.